The average molecular weight is 292 g/mol. The van der Waals surface area contributed by atoms with Crippen molar-refractivity contribution in [2.24, 2.45) is 0 Å². The van der Waals surface area contributed by atoms with Crippen molar-refractivity contribution in [1.29, 1.82) is 0 Å². The molecule has 21 heavy (non-hydrogen) atoms. The molecule has 2 aliphatic carbocycles. The molecule has 3 heteroatoms. The van der Waals surface area contributed by atoms with Crippen LogP contribution in [0.2, 0.25) is 0 Å². The molecule has 1 atom stereocenters. The maximum absolute atomic E-state index is 13.0. The lowest BCUT2D eigenvalue weighted by molar-refractivity contribution is -0.138. The first-order valence-corrected chi connectivity index (χ1v) is 9.39. The lowest BCUT2D eigenvalue weighted by Crippen LogP contribution is -2.50. The minimum absolute atomic E-state index is 0.451. The topological polar surface area (TPSA) is 32.3 Å². The first kappa shape index (κ1) is 15.3. The van der Waals surface area contributed by atoms with Gasteiger partial charge in [0.2, 0.25) is 5.91 Å². The van der Waals surface area contributed by atoms with Gasteiger partial charge in [0.25, 0.3) is 0 Å². The molecule has 3 nitrogen and oxygen atoms in total. The second-order valence-electron chi connectivity index (χ2n) is 7.38. The van der Waals surface area contributed by atoms with Crippen LogP contribution in [-0.4, -0.2) is 35.5 Å². The minimum Gasteiger partial charge on any atom is -0.337 e. The van der Waals surface area contributed by atoms with Gasteiger partial charge in [-0.1, -0.05) is 38.5 Å². The molecular formula is C18H32N2O. The Hall–Kier alpha value is -0.570. The maximum atomic E-state index is 13.0. The van der Waals surface area contributed by atoms with Gasteiger partial charge >= 0.3 is 0 Å². The fourth-order valence-corrected chi connectivity index (χ4v) is 4.67. The van der Waals surface area contributed by atoms with Crippen molar-refractivity contribution in [3.63, 3.8) is 0 Å². The zero-order valence-electron chi connectivity index (χ0n) is 13.5. The van der Waals surface area contributed by atoms with Gasteiger partial charge in [-0.05, 0) is 45.1 Å². The van der Waals surface area contributed by atoms with Crippen LogP contribution in [0.1, 0.15) is 83.5 Å². The molecule has 0 spiro atoms. The smallest absolute Gasteiger partial charge is 0.224 e. The quantitative estimate of drug-likeness (QED) is 0.858. The second-order valence-corrected chi connectivity index (χ2v) is 7.38. The standard InChI is InChI=1S/C18H32N2O/c21-18(14-15-8-7-13-19-15)20(16-9-3-1-4-10-16)17-11-5-2-6-12-17/h15-17,19H,1-14H2. The highest BCUT2D eigenvalue weighted by Crippen LogP contribution is 2.31. The SMILES string of the molecule is O=C(CC1CCCN1)N(C1CCCCC1)C1CCCCC1. The molecule has 3 fully saturated rings. The fourth-order valence-electron chi connectivity index (χ4n) is 4.67. The van der Waals surface area contributed by atoms with E-state index in [-0.39, 0.29) is 0 Å². The van der Waals surface area contributed by atoms with E-state index >= 15 is 0 Å². The highest BCUT2D eigenvalue weighted by Gasteiger charge is 2.33. The van der Waals surface area contributed by atoms with E-state index in [0.29, 0.717) is 24.0 Å². The van der Waals surface area contributed by atoms with E-state index in [1.54, 1.807) is 0 Å². The molecule has 0 aromatic rings. The number of carbonyl (C=O) groups excluding carboxylic acids is 1. The molecule has 2 saturated carbocycles. The van der Waals surface area contributed by atoms with Crippen molar-refractivity contribution < 1.29 is 4.79 Å². The van der Waals surface area contributed by atoms with E-state index < -0.39 is 0 Å². The fraction of sp³-hybridized carbons (Fsp3) is 0.944. The summed E-state index contributed by atoms with van der Waals surface area (Å²) in [6.45, 7) is 1.10. The molecule has 3 aliphatic rings. The van der Waals surface area contributed by atoms with Crippen LogP contribution in [0, 0.1) is 0 Å². The second kappa shape index (κ2) is 7.62. The van der Waals surface area contributed by atoms with Gasteiger partial charge in [0, 0.05) is 24.5 Å². The van der Waals surface area contributed by atoms with E-state index in [1.807, 2.05) is 0 Å². The molecule has 0 radical (unpaired) electrons. The van der Waals surface area contributed by atoms with Gasteiger partial charge in [0.1, 0.15) is 0 Å². The third kappa shape index (κ3) is 4.00. The van der Waals surface area contributed by atoms with Gasteiger partial charge < -0.3 is 10.2 Å². The predicted molar refractivity (Wildman–Crippen MR) is 86.2 cm³/mol. The molecule has 1 aliphatic heterocycles. The number of nitrogens with zero attached hydrogens (tertiary/aromatic N) is 1. The molecule has 0 bridgehead atoms. The van der Waals surface area contributed by atoms with Crippen molar-refractivity contribution in [1.82, 2.24) is 10.2 Å². The van der Waals surface area contributed by atoms with Crippen LogP contribution in [-0.2, 0) is 4.79 Å². The molecule has 1 saturated heterocycles. The number of rotatable bonds is 4. The summed E-state index contributed by atoms with van der Waals surface area (Å²) in [5.74, 6) is 0.452. The monoisotopic (exact) mass is 292 g/mol. The summed E-state index contributed by atoms with van der Waals surface area (Å²) in [6, 6.07) is 1.55. The summed E-state index contributed by atoms with van der Waals surface area (Å²) < 4.78 is 0. The largest absolute Gasteiger partial charge is 0.337 e. The van der Waals surface area contributed by atoms with E-state index in [9.17, 15) is 4.79 Å². The molecule has 0 aromatic heterocycles. The highest BCUT2D eigenvalue weighted by atomic mass is 16.2. The molecule has 1 amide bonds. The lowest BCUT2D eigenvalue weighted by atomic mass is 9.88. The number of hydrogen-bond donors (Lipinski definition) is 1. The summed E-state index contributed by atoms with van der Waals surface area (Å²) in [4.78, 5) is 15.4. The first-order chi connectivity index (χ1) is 10.3. The van der Waals surface area contributed by atoms with Crippen LogP contribution in [0.3, 0.4) is 0 Å². The summed E-state index contributed by atoms with van der Waals surface area (Å²) in [5.41, 5.74) is 0. The van der Waals surface area contributed by atoms with Gasteiger partial charge in [0.05, 0.1) is 0 Å². The summed E-state index contributed by atoms with van der Waals surface area (Å²) in [7, 11) is 0. The Balaban J connectivity index is 1.65. The third-order valence-corrected chi connectivity index (χ3v) is 5.81. The number of nitrogens with one attached hydrogen (secondary N) is 1. The Morgan fingerprint density at radius 3 is 1.86 bits per heavy atom. The molecule has 1 unspecified atom stereocenters. The Morgan fingerprint density at radius 1 is 0.810 bits per heavy atom. The van der Waals surface area contributed by atoms with Crippen LogP contribution in [0.15, 0.2) is 0 Å². The van der Waals surface area contributed by atoms with E-state index in [4.69, 9.17) is 0 Å². The van der Waals surface area contributed by atoms with Crippen molar-refractivity contribution >= 4 is 5.91 Å². The van der Waals surface area contributed by atoms with Crippen LogP contribution >= 0.6 is 0 Å². The Labute approximate surface area is 129 Å². The van der Waals surface area contributed by atoms with Gasteiger partial charge in [-0.25, -0.2) is 0 Å². The van der Waals surface area contributed by atoms with Gasteiger partial charge in [0.15, 0.2) is 0 Å². The van der Waals surface area contributed by atoms with Crippen LogP contribution < -0.4 is 5.32 Å². The highest BCUT2D eigenvalue weighted by molar-refractivity contribution is 5.77. The zero-order valence-corrected chi connectivity index (χ0v) is 13.5. The maximum Gasteiger partial charge on any atom is 0.224 e. The van der Waals surface area contributed by atoms with Gasteiger partial charge in [-0.15, -0.1) is 0 Å². The Kier molecular flexibility index (Phi) is 5.56. The van der Waals surface area contributed by atoms with Crippen LogP contribution in [0.4, 0.5) is 0 Å². The van der Waals surface area contributed by atoms with Crippen LogP contribution in [0.25, 0.3) is 0 Å². The van der Waals surface area contributed by atoms with Crippen molar-refractivity contribution in [3.8, 4) is 0 Å². The van der Waals surface area contributed by atoms with Crippen molar-refractivity contribution in [3.05, 3.63) is 0 Å². The average Bonchev–Trinajstić information content (AvgIpc) is 3.02. The number of hydrogen-bond acceptors (Lipinski definition) is 2. The predicted octanol–water partition coefficient (Wildman–Crippen LogP) is 3.62. The number of carbonyl (C=O) groups is 1. The molecule has 0 aromatic carbocycles. The van der Waals surface area contributed by atoms with E-state index in [1.165, 1.54) is 77.0 Å². The van der Waals surface area contributed by atoms with E-state index in [0.717, 1.165) is 13.0 Å². The van der Waals surface area contributed by atoms with Crippen LogP contribution in [0.5, 0.6) is 0 Å². The summed E-state index contributed by atoms with van der Waals surface area (Å²) >= 11 is 0. The molecule has 3 rings (SSSR count). The summed E-state index contributed by atoms with van der Waals surface area (Å²) in [5, 5.41) is 3.50. The molecule has 1 N–H and O–H groups in total. The van der Waals surface area contributed by atoms with Crippen molar-refractivity contribution in [2.75, 3.05) is 6.54 Å². The van der Waals surface area contributed by atoms with Crippen molar-refractivity contribution in [2.45, 2.75) is 102 Å². The third-order valence-electron chi connectivity index (χ3n) is 5.81. The normalized spacial score (nSPS) is 28.7. The van der Waals surface area contributed by atoms with Gasteiger partial charge in [-0.3, -0.25) is 4.79 Å². The zero-order chi connectivity index (χ0) is 14.5. The lowest BCUT2D eigenvalue weighted by Gasteiger charge is -2.42. The van der Waals surface area contributed by atoms with E-state index in [2.05, 4.69) is 10.2 Å². The molecular weight excluding hydrogens is 260 g/mol. The minimum atomic E-state index is 0.451. The molecule has 1 heterocycles. The van der Waals surface area contributed by atoms with Gasteiger partial charge in [-0.2, -0.15) is 0 Å². The number of amides is 1. The summed E-state index contributed by atoms with van der Waals surface area (Å²) in [6.07, 6.45) is 16.2. The first-order valence-electron chi connectivity index (χ1n) is 9.39. The molecule has 120 valence electrons. The Morgan fingerprint density at radius 2 is 1.38 bits per heavy atom. The Bertz CT molecular complexity index is 308.